The summed E-state index contributed by atoms with van der Waals surface area (Å²) < 4.78 is 5.26. The van der Waals surface area contributed by atoms with Crippen molar-refractivity contribution >= 4 is 11.7 Å². The van der Waals surface area contributed by atoms with E-state index in [-0.39, 0.29) is 5.91 Å². The van der Waals surface area contributed by atoms with Crippen LogP contribution in [0.25, 0.3) is 0 Å². The van der Waals surface area contributed by atoms with Gasteiger partial charge in [0.1, 0.15) is 0 Å². The third-order valence-electron chi connectivity index (χ3n) is 2.43. The van der Waals surface area contributed by atoms with Crippen LogP contribution in [0.2, 0.25) is 0 Å². The Hall–Kier alpha value is -1.69. The van der Waals surface area contributed by atoms with E-state index in [4.69, 9.17) is 4.74 Å². The van der Waals surface area contributed by atoms with Crippen LogP contribution in [0.1, 0.15) is 10.5 Å². The van der Waals surface area contributed by atoms with E-state index in [1.54, 1.807) is 13.2 Å². The van der Waals surface area contributed by atoms with Gasteiger partial charge in [-0.1, -0.05) is 0 Å². The molecular formula is C10H14N4O2. The lowest BCUT2D eigenvalue weighted by Gasteiger charge is -2.28. The van der Waals surface area contributed by atoms with Crippen LogP contribution in [-0.4, -0.2) is 49.2 Å². The molecule has 0 atom stereocenters. The summed E-state index contributed by atoms with van der Waals surface area (Å²) in [6.45, 7) is 2.79. The van der Waals surface area contributed by atoms with E-state index in [0.717, 1.165) is 13.1 Å². The fraction of sp³-hybridized carbons (Fsp3) is 0.500. The molecule has 2 rings (SSSR count). The van der Waals surface area contributed by atoms with Crippen LogP contribution in [0.3, 0.4) is 0 Å². The number of nitrogens with zero attached hydrogens (tertiary/aromatic N) is 3. The highest BCUT2D eigenvalue weighted by atomic mass is 16.5. The summed E-state index contributed by atoms with van der Waals surface area (Å²) in [5, 5.41) is 2.56. The molecule has 0 aliphatic carbocycles. The molecule has 1 aromatic rings. The fourth-order valence-corrected chi connectivity index (χ4v) is 1.62. The van der Waals surface area contributed by atoms with Crippen molar-refractivity contribution in [1.82, 2.24) is 15.3 Å². The second kappa shape index (κ2) is 4.89. The number of morpholine rings is 1. The fourth-order valence-electron chi connectivity index (χ4n) is 1.62. The third-order valence-corrected chi connectivity index (χ3v) is 2.43. The number of anilines is 1. The third kappa shape index (κ3) is 2.11. The predicted molar refractivity (Wildman–Crippen MR) is 58.5 cm³/mol. The molecule has 1 amide bonds. The molecular weight excluding hydrogens is 208 g/mol. The first kappa shape index (κ1) is 10.8. The van der Waals surface area contributed by atoms with Crippen molar-refractivity contribution in [3.63, 3.8) is 0 Å². The standard InChI is InChI=1S/C10H14N4O2/c1-11-10(15)8-9(13-3-2-12-8)14-4-6-16-7-5-14/h2-3H,4-7H2,1H3,(H,11,15). The Balaban J connectivity index is 2.28. The molecule has 6 nitrogen and oxygen atoms in total. The van der Waals surface area contributed by atoms with Crippen LogP contribution in [0.4, 0.5) is 5.82 Å². The van der Waals surface area contributed by atoms with Crippen LogP contribution in [0.15, 0.2) is 12.4 Å². The Morgan fingerprint density at radius 3 is 2.75 bits per heavy atom. The molecule has 0 unspecified atom stereocenters. The lowest BCUT2D eigenvalue weighted by Crippen LogP contribution is -2.38. The number of carbonyl (C=O) groups excluding carboxylic acids is 1. The Bertz CT molecular complexity index is 377. The smallest absolute Gasteiger partial charge is 0.273 e. The molecule has 0 bridgehead atoms. The van der Waals surface area contributed by atoms with Crippen molar-refractivity contribution in [2.24, 2.45) is 0 Å². The maximum Gasteiger partial charge on any atom is 0.273 e. The Labute approximate surface area is 93.6 Å². The number of carbonyl (C=O) groups is 1. The molecule has 86 valence electrons. The van der Waals surface area contributed by atoms with Crippen LogP contribution in [-0.2, 0) is 4.74 Å². The van der Waals surface area contributed by atoms with Crippen LogP contribution >= 0.6 is 0 Å². The van der Waals surface area contributed by atoms with E-state index in [9.17, 15) is 4.79 Å². The van der Waals surface area contributed by atoms with Crippen LogP contribution in [0.5, 0.6) is 0 Å². The van der Waals surface area contributed by atoms with Crippen molar-refractivity contribution in [1.29, 1.82) is 0 Å². The van der Waals surface area contributed by atoms with Crippen molar-refractivity contribution in [3.05, 3.63) is 18.1 Å². The Morgan fingerprint density at radius 1 is 1.38 bits per heavy atom. The number of aromatic nitrogens is 2. The Morgan fingerprint density at radius 2 is 2.06 bits per heavy atom. The molecule has 0 spiro atoms. The van der Waals surface area contributed by atoms with Gasteiger partial charge in [0.25, 0.3) is 5.91 Å². The minimum absolute atomic E-state index is 0.213. The number of amides is 1. The number of hydrogen-bond donors (Lipinski definition) is 1. The average Bonchev–Trinajstić information content (AvgIpc) is 2.39. The number of rotatable bonds is 2. The zero-order valence-electron chi connectivity index (χ0n) is 9.14. The first-order valence-corrected chi connectivity index (χ1v) is 5.18. The van der Waals surface area contributed by atoms with E-state index < -0.39 is 0 Å². The van der Waals surface area contributed by atoms with Crippen molar-refractivity contribution < 1.29 is 9.53 Å². The zero-order chi connectivity index (χ0) is 11.4. The first-order chi connectivity index (χ1) is 7.83. The predicted octanol–water partition coefficient (Wildman–Crippen LogP) is -0.327. The Kier molecular flexibility index (Phi) is 3.31. The molecule has 0 saturated carbocycles. The molecule has 1 fully saturated rings. The molecule has 0 radical (unpaired) electrons. The monoisotopic (exact) mass is 222 g/mol. The van der Waals surface area contributed by atoms with Crippen molar-refractivity contribution in [2.45, 2.75) is 0 Å². The molecule has 1 N–H and O–H groups in total. The minimum atomic E-state index is -0.213. The van der Waals surface area contributed by atoms with Gasteiger partial charge >= 0.3 is 0 Å². The van der Waals surface area contributed by atoms with Gasteiger partial charge in [0.2, 0.25) is 0 Å². The van der Waals surface area contributed by atoms with Gasteiger partial charge in [0.05, 0.1) is 13.2 Å². The summed E-state index contributed by atoms with van der Waals surface area (Å²) in [5.41, 5.74) is 0.368. The lowest BCUT2D eigenvalue weighted by atomic mass is 10.3. The highest BCUT2D eigenvalue weighted by Gasteiger charge is 2.20. The molecule has 16 heavy (non-hydrogen) atoms. The largest absolute Gasteiger partial charge is 0.378 e. The van der Waals surface area contributed by atoms with Gasteiger partial charge in [-0.05, 0) is 0 Å². The van der Waals surface area contributed by atoms with Crippen LogP contribution in [0, 0.1) is 0 Å². The van der Waals surface area contributed by atoms with Gasteiger partial charge in [-0.25, -0.2) is 9.97 Å². The quantitative estimate of drug-likeness (QED) is 0.742. The second-order valence-corrected chi connectivity index (χ2v) is 3.41. The lowest BCUT2D eigenvalue weighted by molar-refractivity contribution is 0.0956. The minimum Gasteiger partial charge on any atom is -0.378 e. The molecule has 1 aromatic heterocycles. The van der Waals surface area contributed by atoms with E-state index in [2.05, 4.69) is 15.3 Å². The number of ether oxygens (including phenoxy) is 1. The second-order valence-electron chi connectivity index (χ2n) is 3.41. The molecule has 2 heterocycles. The van der Waals surface area contributed by atoms with E-state index >= 15 is 0 Å². The summed E-state index contributed by atoms with van der Waals surface area (Å²) in [5.74, 6) is 0.416. The van der Waals surface area contributed by atoms with Crippen LogP contribution < -0.4 is 10.2 Å². The van der Waals surface area contributed by atoms with Gasteiger partial charge in [0.15, 0.2) is 11.5 Å². The van der Waals surface area contributed by atoms with Gasteiger partial charge < -0.3 is 15.0 Å². The SMILES string of the molecule is CNC(=O)c1nccnc1N1CCOCC1. The summed E-state index contributed by atoms with van der Waals surface area (Å²) in [6, 6.07) is 0. The highest BCUT2D eigenvalue weighted by Crippen LogP contribution is 2.15. The molecule has 1 aliphatic heterocycles. The number of nitrogens with one attached hydrogen (secondary N) is 1. The van der Waals surface area contributed by atoms with E-state index in [0.29, 0.717) is 24.7 Å². The van der Waals surface area contributed by atoms with Gasteiger partial charge in [-0.2, -0.15) is 0 Å². The molecule has 0 aromatic carbocycles. The number of hydrogen-bond acceptors (Lipinski definition) is 5. The van der Waals surface area contributed by atoms with Crippen molar-refractivity contribution in [3.8, 4) is 0 Å². The normalized spacial score (nSPS) is 15.9. The zero-order valence-corrected chi connectivity index (χ0v) is 9.14. The van der Waals surface area contributed by atoms with E-state index in [1.165, 1.54) is 6.20 Å². The van der Waals surface area contributed by atoms with Gasteiger partial charge in [-0.15, -0.1) is 0 Å². The summed E-state index contributed by atoms with van der Waals surface area (Å²) in [7, 11) is 1.58. The summed E-state index contributed by atoms with van der Waals surface area (Å²) in [4.78, 5) is 21.9. The molecule has 1 saturated heterocycles. The summed E-state index contributed by atoms with van der Waals surface area (Å²) >= 11 is 0. The van der Waals surface area contributed by atoms with Gasteiger partial charge in [0, 0.05) is 32.5 Å². The van der Waals surface area contributed by atoms with Crippen molar-refractivity contribution in [2.75, 3.05) is 38.3 Å². The maximum absolute atomic E-state index is 11.6. The highest BCUT2D eigenvalue weighted by molar-refractivity contribution is 5.96. The average molecular weight is 222 g/mol. The molecule has 1 aliphatic rings. The topological polar surface area (TPSA) is 67.4 Å². The van der Waals surface area contributed by atoms with Gasteiger partial charge in [-0.3, -0.25) is 4.79 Å². The van der Waals surface area contributed by atoms with E-state index in [1.807, 2.05) is 4.90 Å². The maximum atomic E-state index is 11.6. The molecule has 6 heteroatoms. The summed E-state index contributed by atoms with van der Waals surface area (Å²) in [6.07, 6.45) is 3.12. The first-order valence-electron chi connectivity index (χ1n) is 5.18.